The molecule has 25 heavy (non-hydrogen) atoms. The monoisotopic (exact) mass is 358 g/mol. The van der Waals surface area contributed by atoms with Crippen LogP contribution in [-0.4, -0.2) is 42.1 Å². The lowest BCUT2D eigenvalue weighted by molar-refractivity contribution is -0.187. The number of piperidine rings is 1. The Kier molecular flexibility index (Phi) is 5.92. The molecular weight excluding hydrogens is 337 g/mol. The van der Waals surface area contributed by atoms with E-state index in [0.29, 0.717) is 29.2 Å². The Morgan fingerprint density at radius 1 is 1.24 bits per heavy atom. The second-order valence-corrected chi connectivity index (χ2v) is 6.27. The smallest absolute Gasteiger partial charge is 0.471 e. The molecule has 0 saturated carbocycles. The number of rotatable bonds is 4. The average molecular weight is 358 g/mol. The van der Waals surface area contributed by atoms with Crippen molar-refractivity contribution in [1.82, 2.24) is 4.90 Å². The highest BCUT2D eigenvalue weighted by atomic mass is 19.4. The molecule has 138 valence electrons. The number of nitrogens with zero attached hydrogens (tertiary/aromatic N) is 1. The molecule has 1 aliphatic heterocycles. The van der Waals surface area contributed by atoms with Gasteiger partial charge in [0, 0.05) is 18.8 Å². The van der Waals surface area contributed by atoms with Gasteiger partial charge in [-0.1, -0.05) is 0 Å². The predicted molar refractivity (Wildman–Crippen MR) is 86.2 cm³/mol. The summed E-state index contributed by atoms with van der Waals surface area (Å²) in [5.41, 5.74) is 0.528. The number of hydrogen-bond donors (Lipinski definition) is 1. The van der Waals surface area contributed by atoms with Crippen LogP contribution in [0.1, 0.15) is 26.7 Å². The third-order valence-corrected chi connectivity index (χ3v) is 3.82. The number of carbonyl (C=O) groups is 2. The topological polar surface area (TPSA) is 58.6 Å². The first kappa shape index (κ1) is 19.1. The third-order valence-electron chi connectivity index (χ3n) is 3.82. The molecule has 0 aliphatic carbocycles. The molecule has 0 spiro atoms. The molecule has 1 aliphatic rings. The van der Waals surface area contributed by atoms with Crippen molar-refractivity contribution in [1.29, 1.82) is 0 Å². The van der Waals surface area contributed by atoms with Crippen LogP contribution in [0, 0.1) is 5.92 Å². The SMILES string of the molecule is CC(C)Oc1ccc(NC(=O)C2CCCN(C(=O)C(F)(F)F)C2)cc1. The maximum absolute atomic E-state index is 12.5. The molecule has 8 heteroatoms. The number of likely N-dealkylation sites (tertiary alicyclic amines) is 1. The molecule has 1 fully saturated rings. The van der Waals surface area contributed by atoms with E-state index in [4.69, 9.17) is 4.74 Å². The van der Waals surface area contributed by atoms with Gasteiger partial charge in [-0.25, -0.2) is 0 Å². The van der Waals surface area contributed by atoms with Crippen LogP contribution in [-0.2, 0) is 9.59 Å². The fourth-order valence-electron chi connectivity index (χ4n) is 2.69. The Hall–Kier alpha value is -2.25. The Labute approximate surface area is 144 Å². The summed E-state index contributed by atoms with van der Waals surface area (Å²) < 4.78 is 43.1. The quantitative estimate of drug-likeness (QED) is 0.899. The number of benzene rings is 1. The summed E-state index contributed by atoms with van der Waals surface area (Å²) in [6.45, 7) is 3.58. The zero-order chi connectivity index (χ0) is 18.6. The van der Waals surface area contributed by atoms with Gasteiger partial charge < -0.3 is 15.0 Å². The van der Waals surface area contributed by atoms with Gasteiger partial charge in [-0.15, -0.1) is 0 Å². The van der Waals surface area contributed by atoms with E-state index in [1.807, 2.05) is 13.8 Å². The van der Waals surface area contributed by atoms with Crippen LogP contribution in [0.3, 0.4) is 0 Å². The van der Waals surface area contributed by atoms with Gasteiger partial charge in [0.1, 0.15) is 5.75 Å². The van der Waals surface area contributed by atoms with Crippen molar-refractivity contribution in [2.75, 3.05) is 18.4 Å². The van der Waals surface area contributed by atoms with Crippen LogP contribution in [0.4, 0.5) is 18.9 Å². The van der Waals surface area contributed by atoms with Gasteiger partial charge in [0.2, 0.25) is 5.91 Å². The third kappa shape index (κ3) is 5.37. The summed E-state index contributed by atoms with van der Waals surface area (Å²) in [5, 5.41) is 2.68. The summed E-state index contributed by atoms with van der Waals surface area (Å²) in [6, 6.07) is 6.74. The minimum absolute atomic E-state index is 0.0172. The lowest BCUT2D eigenvalue weighted by atomic mass is 9.97. The van der Waals surface area contributed by atoms with E-state index in [1.54, 1.807) is 24.3 Å². The van der Waals surface area contributed by atoms with E-state index in [1.165, 1.54) is 0 Å². The Morgan fingerprint density at radius 3 is 2.44 bits per heavy atom. The molecule has 2 rings (SSSR count). The second-order valence-electron chi connectivity index (χ2n) is 6.27. The summed E-state index contributed by atoms with van der Waals surface area (Å²) >= 11 is 0. The van der Waals surface area contributed by atoms with Crippen LogP contribution < -0.4 is 10.1 Å². The highest BCUT2D eigenvalue weighted by Crippen LogP contribution is 2.25. The normalized spacial score (nSPS) is 18.2. The molecule has 1 aromatic rings. The molecule has 0 bridgehead atoms. The van der Waals surface area contributed by atoms with Crippen molar-refractivity contribution in [2.24, 2.45) is 5.92 Å². The Morgan fingerprint density at radius 2 is 1.88 bits per heavy atom. The molecule has 1 saturated heterocycles. The summed E-state index contributed by atoms with van der Waals surface area (Å²) in [7, 11) is 0. The molecule has 1 heterocycles. The molecule has 1 atom stereocenters. The average Bonchev–Trinajstić information content (AvgIpc) is 2.54. The first-order chi connectivity index (χ1) is 11.7. The van der Waals surface area contributed by atoms with E-state index in [9.17, 15) is 22.8 Å². The van der Waals surface area contributed by atoms with E-state index in [2.05, 4.69) is 5.32 Å². The molecule has 1 aromatic carbocycles. The molecule has 2 amide bonds. The standard InChI is InChI=1S/C17H21F3N2O3/c1-11(2)25-14-7-5-13(6-8-14)21-15(23)12-4-3-9-22(10-12)16(24)17(18,19)20/h5-8,11-12H,3-4,9-10H2,1-2H3,(H,21,23). The fourth-order valence-corrected chi connectivity index (χ4v) is 2.69. The molecule has 0 aromatic heterocycles. The second kappa shape index (κ2) is 7.76. The number of halogens is 3. The van der Waals surface area contributed by atoms with E-state index in [-0.39, 0.29) is 19.2 Å². The summed E-state index contributed by atoms with van der Waals surface area (Å²) in [4.78, 5) is 24.3. The Bertz CT molecular complexity index is 615. The summed E-state index contributed by atoms with van der Waals surface area (Å²) in [5.74, 6) is -2.28. The van der Waals surface area contributed by atoms with E-state index >= 15 is 0 Å². The number of amides is 2. The van der Waals surface area contributed by atoms with Gasteiger partial charge in [-0.05, 0) is 51.0 Å². The largest absolute Gasteiger partial charge is 0.491 e. The van der Waals surface area contributed by atoms with Crippen molar-refractivity contribution in [3.63, 3.8) is 0 Å². The van der Waals surface area contributed by atoms with Crippen LogP contribution in [0.15, 0.2) is 24.3 Å². The zero-order valence-electron chi connectivity index (χ0n) is 14.1. The lowest BCUT2D eigenvalue weighted by Gasteiger charge is -2.32. The van der Waals surface area contributed by atoms with Crippen molar-refractivity contribution in [2.45, 2.75) is 39.0 Å². The lowest BCUT2D eigenvalue weighted by Crippen LogP contribution is -2.48. The van der Waals surface area contributed by atoms with Gasteiger partial charge in [0.05, 0.1) is 12.0 Å². The van der Waals surface area contributed by atoms with Gasteiger partial charge in [-0.3, -0.25) is 9.59 Å². The van der Waals surface area contributed by atoms with Crippen LogP contribution in [0.5, 0.6) is 5.75 Å². The van der Waals surface area contributed by atoms with E-state index < -0.39 is 23.9 Å². The number of carbonyl (C=O) groups excluding carboxylic acids is 2. The van der Waals surface area contributed by atoms with Crippen molar-refractivity contribution in [3.05, 3.63) is 24.3 Å². The van der Waals surface area contributed by atoms with Gasteiger partial charge >= 0.3 is 12.1 Å². The van der Waals surface area contributed by atoms with Gasteiger partial charge in [-0.2, -0.15) is 13.2 Å². The fraction of sp³-hybridized carbons (Fsp3) is 0.529. The number of alkyl halides is 3. The molecule has 1 unspecified atom stereocenters. The molecule has 5 nitrogen and oxygen atoms in total. The highest BCUT2D eigenvalue weighted by molar-refractivity contribution is 5.93. The van der Waals surface area contributed by atoms with Gasteiger partial charge in [0.15, 0.2) is 0 Å². The van der Waals surface area contributed by atoms with Crippen molar-refractivity contribution >= 4 is 17.5 Å². The van der Waals surface area contributed by atoms with Gasteiger partial charge in [0.25, 0.3) is 0 Å². The zero-order valence-corrected chi connectivity index (χ0v) is 14.1. The van der Waals surface area contributed by atoms with Crippen LogP contribution in [0.2, 0.25) is 0 Å². The number of ether oxygens (including phenoxy) is 1. The first-order valence-electron chi connectivity index (χ1n) is 8.10. The minimum Gasteiger partial charge on any atom is -0.491 e. The number of nitrogens with one attached hydrogen (secondary N) is 1. The predicted octanol–water partition coefficient (Wildman–Crippen LogP) is 3.21. The number of anilines is 1. The first-order valence-corrected chi connectivity index (χ1v) is 8.10. The highest BCUT2D eigenvalue weighted by Gasteiger charge is 2.44. The Balaban J connectivity index is 1.95. The molecule has 0 radical (unpaired) electrons. The maximum atomic E-state index is 12.5. The minimum atomic E-state index is -4.91. The molecular formula is C17H21F3N2O3. The van der Waals surface area contributed by atoms with Crippen molar-refractivity contribution < 1.29 is 27.5 Å². The molecule has 1 N–H and O–H groups in total. The van der Waals surface area contributed by atoms with E-state index in [0.717, 1.165) is 0 Å². The summed E-state index contributed by atoms with van der Waals surface area (Å²) in [6.07, 6.45) is -4.08. The van der Waals surface area contributed by atoms with Crippen LogP contribution in [0.25, 0.3) is 0 Å². The number of hydrogen-bond acceptors (Lipinski definition) is 3. The maximum Gasteiger partial charge on any atom is 0.471 e. The van der Waals surface area contributed by atoms with Crippen molar-refractivity contribution in [3.8, 4) is 5.75 Å². The van der Waals surface area contributed by atoms with Crippen LogP contribution >= 0.6 is 0 Å².